The van der Waals surface area contributed by atoms with E-state index in [0.29, 0.717) is 11.8 Å². The van der Waals surface area contributed by atoms with Gasteiger partial charge in [0.2, 0.25) is 0 Å². The zero-order valence-corrected chi connectivity index (χ0v) is 14.3. The fraction of sp³-hybridized carbons (Fsp3) is 0.389. The van der Waals surface area contributed by atoms with E-state index >= 15 is 0 Å². The Morgan fingerprint density at radius 1 is 1.14 bits per heavy atom. The van der Waals surface area contributed by atoms with E-state index in [1.165, 1.54) is 0 Å². The molecule has 2 N–H and O–H groups in total. The first-order valence-electron chi connectivity index (χ1n) is 7.21. The highest BCUT2D eigenvalue weighted by Crippen LogP contribution is 2.29. The first-order valence-corrected chi connectivity index (χ1v) is 7.59. The summed E-state index contributed by atoms with van der Waals surface area (Å²) in [5.74, 6) is 0.109. The largest absolute Gasteiger partial charge is 0.382 e. The van der Waals surface area contributed by atoms with Gasteiger partial charge in [0.05, 0.1) is 0 Å². The first-order chi connectivity index (χ1) is 9.73. The standard InChI is InChI=1S/C18H25ClN2/c1-11(2)18(21-12(3)4)17(14(6)20)13(5)15-7-9-16(19)10-8-15/h7-10,12-13,20-21H,1H2,2-6H3/b18-17-,20-14?. The monoisotopic (exact) mass is 304 g/mol. The van der Waals surface area contributed by atoms with E-state index < -0.39 is 0 Å². The Labute approximate surface area is 133 Å². The maximum absolute atomic E-state index is 8.18. The fourth-order valence-electron chi connectivity index (χ4n) is 2.37. The Bertz CT molecular complexity index is 553. The Morgan fingerprint density at radius 2 is 1.67 bits per heavy atom. The summed E-state index contributed by atoms with van der Waals surface area (Å²) in [7, 11) is 0. The highest BCUT2D eigenvalue weighted by Gasteiger charge is 2.19. The zero-order chi connectivity index (χ0) is 16.2. The summed E-state index contributed by atoms with van der Waals surface area (Å²) < 4.78 is 0. The third-order valence-electron chi connectivity index (χ3n) is 3.34. The predicted octanol–water partition coefficient (Wildman–Crippen LogP) is 5.31. The van der Waals surface area contributed by atoms with Gasteiger partial charge in [-0.15, -0.1) is 0 Å². The molecule has 0 bridgehead atoms. The van der Waals surface area contributed by atoms with Gasteiger partial charge in [0.1, 0.15) is 0 Å². The highest BCUT2D eigenvalue weighted by molar-refractivity contribution is 6.30. The third kappa shape index (κ3) is 4.75. The number of rotatable bonds is 6. The van der Waals surface area contributed by atoms with Crippen LogP contribution in [0.2, 0.25) is 5.02 Å². The summed E-state index contributed by atoms with van der Waals surface area (Å²) in [5, 5.41) is 12.3. The van der Waals surface area contributed by atoms with Crippen LogP contribution in [0.15, 0.2) is 47.7 Å². The van der Waals surface area contributed by atoms with Crippen molar-refractivity contribution in [1.29, 1.82) is 5.41 Å². The van der Waals surface area contributed by atoms with Crippen molar-refractivity contribution in [2.75, 3.05) is 0 Å². The van der Waals surface area contributed by atoms with Gasteiger partial charge in [0.15, 0.2) is 0 Å². The molecule has 1 aromatic rings. The van der Waals surface area contributed by atoms with Crippen molar-refractivity contribution < 1.29 is 0 Å². The molecule has 0 fully saturated rings. The Balaban J connectivity index is 3.35. The van der Waals surface area contributed by atoms with E-state index in [4.69, 9.17) is 17.0 Å². The lowest BCUT2D eigenvalue weighted by Crippen LogP contribution is -2.26. The van der Waals surface area contributed by atoms with Crippen LogP contribution in [-0.2, 0) is 0 Å². The Morgan fingerprint density at radius 3 is 2.05 bits per heavy atom. The molecule has 0 radical (unpaired) electrons. The zero-order valence-electron chi connectivity index (χ0n) is 13.5. The Hall–Kier alpha value is -1.54. The Kier molecular flexibility index (Phi) is 6.22. The van der Waals surface area contributed by atoms with Gasteiger partial charge in [0.25, 0.3) is 0 Å². The van der Waals surface area contributed by atoms with Gasteiger partial charge in [-0.25, -0.2) is 0 Å². The molecule has 1 unspecified atom stereocenters. The molecule has 0 saturated carbocycles. The van der Waals surface area contributed by atoms with E-state index in [9.17, 15) is 0 Å². The van der Waals surface area contributed by atoms with Crippen LogP contribution >= 0.6 is 11.6 Å². The van der Waals surface area contributed by atoms with Gasteiger partial charge in [0, 0.05) is 34.0 Å². The van der Waals surface area contributed by atoms with Crippen LogP contribution < -0.4 is 5.32 Å². The van der Waals surface area contributed by atoms with E-state index in [1.54, 1.807) is 0 Å². The lowest BCUT2D eigenvalue weighted by molar-refractivity contribution is 0.665. The molecule has 0 aliphatic heterocycles. The SMILES string of the molecule is C=C(C)/C(NC(C)C)=C(/C(C)=N)C(C)c1ccc(Cl)cc1. The molecule has 2 nitrogen and oxygen atoms in total. The summed E-state index contributed by atoms with van der Waals surface area (Å²) in [6, 6.07) is 8.10. The van der Waals surface area contributed by atoms with Crippen LogP contribution in [0.5, 0.6) is 0 Å². The van der Waals surface area contributed by atoms with Gasteiger partial charge in [-0.05, 0) is 51.0 Å². The van der Waals surface area contributed by atoms with Crippen molar-refractivity contribution >= 4 is 17.3 Å². The molecule has 1 atom stereocenters. The molecule has 21 heavy (non-hydrogen) atoms. The molecule has 0 heterocycles. The van der Waals surface area contributed by atoms with Gasteiger partial charge in [-0.2, -0.15) is 0 Å². The maximum Gasteiger partial charge on any atom is 0.0422 e. The predicted molar refractivity (Wildman–Crippen MR) is 93.4 cm³/mol. The van der Waals surface area contributed by atoms with E-state index in [0.717, 1.165) is 27.4 Å². The topological polar surface area (TPSA) is 35.9 Å². The van der Waals surface area contributed by atoms with Crippen molar-refractivity contribution in [2.24, 2.45) is 0 Å². The minimum Gasteiger partial charge on any atom is -0.382 e. The van der Waals surface area contributed by atoms with Gasteiger partial charge >= 0.3 is 0 Å². The highest BCUT2D eigenvalue weighted by atomic mass is 35.5. The second-order valence-corrected chi connectivity index (χ2v) is 6.20. The minimum atomic E-state index is 0.109. The minimum absolute atomic E-state index is 0.109. The van der Waals surface area contributed by atoms with Gasteiger partial charge in [-0.3, -0.25) is 0 Å². The summed E-state index contributed by atoms with van der Waals surface area (Å²) in [6.07, 6.45) is 0. The van der Waals surface area contributed by atoms with E-state index in [1.807, 2.05) is 38.1 Å². The molecule has 0 saturated heterocycles. The van der Waals surface area contributed by atoms with Crippen molar-refractivity contribution in [2.45, 2.75) is 46.6 Å². The van der Waals surface area contributed by atoms with Crippen molar-refractivity contribution in [3.63, 3.8) is 0 Å². The lowest BCUT2D eigenvalue weighted by Gasteiger charge is -2.24. The average molecular weight is 305 g/mol. The molecule has 0 aliphatic rings. The summed E-state index contributed by atoms with van der Waals surface area (Å²) >= 11 is 5.96. The number of allylic oxidation sites excluding steroid dienone is 2. The number of benzene rings is 1. The maximum atomic E-state index is 8.18. The van der Waals surface area contributed by atoms with Crippen LogP contribution in [0.3, 0.4) is 0 Å². The van der Waals surface area contributed by atoms with Gasteiger partial charge in [-0.1, -0.05) is 37.2 Å². The number of hydrogen-bond acceptors (Lipinski definition) is 2. The quantitative estimate of drug-likeness (QED) is 0.542. The van der Waals surface area contributed by atoms with Crippen LogP contribution in [0, 0.1) is 5.41 Å². The lowest BCUT2D eigenvalue weighted by atomic mass is 9.87. The summed E-state index contributed by atoms with van der Waals surface area (Å²) in [4.78, 5) is 0. The number of hydrogen-bond donors (Lipinski definition) is 2. The van der Waals surface area contributed by atoms with Crippen LogP contribution in [0.4, 0.5) is 0 Å². The molecule has 1 aromatic carbocycles. The molecule has 0 aromatic heterocycles. The van der Waals surface area contributed by atoms with Crippen LogP contribution in [-0.4, -0.2) is 11.8 Å². The first kappa shape index (κ1) is 17.5. The van der Waals surface area contributed by atoms with Crippen molar-refractivity contribution in [3.05, 3.63) is 58.3 Å². The summed E-state index contributed by atoms with van der Waals surface area (Å²) in [5.41, 5.74) is 4.61. The fourth-order valence-corrected chi connectivity index (χ4v) is 2.49. The molecular formula is C18H25ClN2. The van der Waals surface area contributed by atoms with E-state index in [-0.39, 0.29) is 5.92 Å². The molecule has 0 amide bonds. The number of nitrogens with one attached hydrogen (secondary N) is 2. The number of halogens is 1. The second kappa shape index (κ2) is 7.46. The molecular weight excluding hydrogens is 280 g/mol. The van der Waals surface area contributed by atoms with Crippen molar-refractivity contribution in [3.8, 4) is 0 Å². The second-order valence-electron chi connectivity index (χ2n) is 5.77. The average Bonchev–Trinajstić information content (AvgIpc) is 2.37. The van der Waals surface area contributed by atoms with Crippen LogP contribution in [0.25, 0.3) is 0 Å². The molecule has 3 heteroatoms. The van der Waals surface area contributed by atoms with Gasteiger partial charge < -0.3 is 10.7 Å². The third-order valence-corrected chi connectivity index (χ3v) is 3.59. The molecule has 1 rings (SSSR count). The molecule has 0 aliphatic carbocycles. The van der Waals surface area contributed by atoms with Crippen LogP contribution in [0.1, 0.15) is 46.1 Å². The molecule has 0 spiro atoms. The van der Waals surface area contributed by atoms with Crippen molar-refractivity contribution in [1.82, 2.24) is 5.32 Å². The van der Waals surface area contributed by atoms with E-state index in [2.05, 4.69) is 32.7 Å². The normalized spacial score (nSPS) is 13.7. The molecule has 114 valence electrons. The smallest absolute Gasteiger partial charge is 0.0422 e. The summed E-state index contributed by atoms with van der Waals surface area (Å²) in [6.45, 7) is 14.2.